The van der Waals surface area contributed by atoms with Crippen LogP contribution in [0.2, 0.25) is 0 Å². The maximum atomic E-state index is 12.6. The first-order valence-electron chi connectivity index (χ1n) is 6.75. The molecule has 5 nitrogen and oxygen atoms in total. The van der Waals surface area contributed by atoms with Crippen molar-refractivity contribution in [2.24, 2.45) is 0 Å². The van der Waals surface area contributed by atoms with Crippen molar-refractivity contribution in [3.8, 4) is 0 Å². The van der Waals surface area contributed by atoms with Gasteiger partial charge in [0.15, 0.2) is 0 Å². The second-order valence-electron chi connectivity index (χ2n) is 5.01. The summed E-state index contributed by atoms with van der Waals surface area (Å²) in [6.45, 7) is 3.30. The van der Waals surface area contributed by atoms with Gasteiger partial charge < -0.3 is 14.4 Å². The van der Waals surface area contributed by atoms with Crippen molar-refractivity contribution in [3.05, 3.63) is 33.8 Å². The van der Waals surface area contributed by atoms with Gasteiger partial charge in [-0.25, -0.2) is 0 Å². The van der Waals surface area contributed by atoms with Crippen LogP contribution in [0.4, 0.5) is 0 Å². The van der Waals surface area contributed by atoms with Crippen molar-refractivity contribution in [1.29, 1.82) is 0 Å². The van der Waals surface area contributed by atoms with Gasteiger partial charge >= 0.3 is 5.97 Å². The highest BCUT2D eigenvalue weighted by Crippen LogP contribution is 2.21. The number of aryl methyl sites for hydroxylation is 1. The minimum atomic E-state index is -0.328. The van der Waals surface area contributed by atoms with Gasteiger partial charge in [-0.3, -0.25) is 9.59 Å². The molecule has 1 saturated heterocycles. The molecule has 1 aromatic rings. The summed E-state index contributed by atoms with van der Waals surface area (Å²) < 4.78 is 10.9. The summed E-state index contributed by atoms with van der Waals surface area (Å²) in [6.07, 6.45) is -0.145. The van der Waals surface area contributed by atoms with E-state index in [1.165, 1.54) is 7.11 Å². The third kappa shape index (κ3) is 4.04. The Bertz CT molecular complexity index is 546. The third-order valence-corrected chi connectivity index (χ3v) is 4.09. The number of amides is 1. The molecular weight excluding hydrogens is 338 g/mol. The number of carbonyl (C=O) groups excluding carboxylic acids is 2. The van der Waals surface area contributed by atoms with Crippen molar-refractivity contribution >= 4 is 27.8 Å². The van der Waals surface area contributed by atoms with Gasteiger partial charge in [0.05, 0.1) is 31.8 Å². The zero-order valence-electron chi connectivity index (χ0n) is 12.1. The summed E-state index contributed by atoms with van der Waals surface area (Å²) in [5.74, 6) is -0.380. The molecule has 1 amide bonds. The smallest absolute Gasteiger partial charge is 0.308 e. The molecule has 1 aromatic carbocycles. The van der Waals surface area contributed by atoms with E-state index < -0.39 is 0 Å². The Morgan fingerprint density at radius 2 is 2.24 bits per heavy atom. The van der Waals surface area contributed by atoms with Crippen LogP contribution in [0.15, 0.2) is 22.7 Å². The van der Waals surface area contributed by atoms with Gasteiger partial charge in [0.25, 0.3) is 5.91 Å². The molecular formula is C15H18BrNO4. The second-order valence-corrected chi connectivity index (χ2v) is 5.86. The fourth-order valence-corrected chi connectivity index (χ4v) is 2.69. The van der Waals surface area contributed by atoms with Crippen molar-refractivity contribution in [3.63, 3.8) is 0 Å². The minimum absolute atomic E-state index is 0.0521. The second kappa shape index (κ2) is 7.04. The van der Waals surface area contributed by atoms with E-state index in [4.69, 9.17) is 4.74 Å². The molecule has 1 fully saturated rings. The van der Waals surface area contributed by atoms with Gasteiger partial charge in [0.2, 0.25) is 0 Å². The zero-order chi connectivity index (χ0) is 15.4. The number of nitrogens with zero attached hydrogens (tertiary/aromatic N) is 1. The molecule has 1 aliphatic heterocycles. The lowest BCUT2D eigenvalue weighted by Crippen LogP contribution is -2.46. The number of hydrogen-bond donors (Lipinski definition) is 0. The van der Waals surface area contributed by atoms with Gasteiger partial charge in [-0.15, -0.1) is 0 Å². The SMILES string of the molecule is COC(=O)CC1CN(C(=O)c2cc(C)ccc2Br)CCO1. The molecule has 0 radical (unpaired) electrons. The topological polar surface area (TPSA) is 55.8 Å². The van der Waals surface area contributed by atoms with E-state index in [0.717, 1.165) is 10.0 Å². The Hall–Kier alpha value is -1.40. The molecule has 2 rings (SSSR count). The van der Waals surface area contributed by atoms with E-state index >= 15 is 0 Å². The zero-order valence-corrected chi connectivity index (χ0v) is 13.7. The van der Waals surface area contributed by atoms with Crippen molar-refractivity contribution in [2.45, 2.75) is 19.4 Å². The van der Waals surface area contributed by atoms with Crippen LogP contribution in [0.1, 0.15) is 22.3 Å². The van der Waals surface area contributed by atoms with Crippen LogP contribution in [0.3, 0.4) is 0 Å². The van der Waals surface area contributed by atoms with E-state index in [-0.39, 0.29) is 24.4 Å². The Morgan fingerprint density at radius 1 is 1.48 bits per heavy atom. The van der Waals surface area contributed by atoms with Crippen LogP contribution in [-0.2, 0) is 14.3 Å². The van der Waals surface area contributed by atoms with E-state index in [0.29, 0.717) is 25.3 Å². The number of hydrogen-bond acceptors (Lipinski definition) is 4. The lowest BCUT2D eigenvalue weighted by atomic mass is 10.1. The average molecular weight is 356 g/mol. The van der Waals surface area contributed by atoms with Crippen molar-refractivity contribution < 1.29 is 19.1 Å². The lowest BCUT2D eigenvalue weighted by molar-refractivity contribution is -0.145. The van der Waals surface area contributed by atoms with Gasteiger partial charge in [-0.05, 0) is 35.0 Å². The number of esters is 1. The molecule has 1 aliphatic rings. The third-order valence-electron chi connectivity index (χ3n) is 3.40. The molecule has 0 aromatic heterocycles. The fraction of sp³-hybridized carbons (Fsp3) is 0.467. The van der Waals surface area contributed by atoms with E-state index in [1.54, 1.807) is 4.90 Å². The highest BCUT2D eigenvalue weighted by molar-refractivity contribution is 9.10. The summed E-state index contributed by atoms with van der Waals surface area (Å²) in [6, 6.07) is 5.67. The Labute approximate surface area is 132 Å². The van der Waals surface area contributed by atoms with Gasteiger partial charge in [0.1, 0.15) is 0 Å². The number of morpholine rings is 1. The molecule has 0 bridgehead atoms. The number of benzene rings is 1. The maximum Gasteiger partial charge on any atom is 0.308 e. The number of ether oxygens (including phenoxy) is 2. The first-order valence-corrected chi connectivity index (χ1v) is 7.54. The molecule has 1 heterocycles. The summed E-state index contributed by atoms with van der Waals surface area (Å²) >= 11 is 3.41. The summed E-state index contributed by atoms with van der Waals surface area (Å²) in [4.78, 5) is 25.6. The van der Waals surface area contributed by atoms with E-state index in [9.17, 15) is 9.59 Å². The summed E-state index contributed by atoms with van der Waals surface area (Å²) in [7, 11) is 1.35. The summed E-state index contributed by atoms with van der Waals surface area (Å²) in [5.41, 5.74) is 1.66. The minimum Gasteiger partial charge on any atom is -0.469 e. The molecule has 0 aliphatic carbocycles. The van der Waals surface area contributed by atoms with Crippen LogP contribution in [0, 0.1) is 6.92 Å². The molecule has 0 saturated carbocycles. The maximum absolute atomic E-state index is 12.6. The molecule has 1 atom stereocenters. The van der Waals surface area contributed by atoms with Crippen LogP contribution in [-0.4, -0.2) is 49.7 Å². The van der Waals surface area contributed by atoms with Crippen LogP contribution in [0.5, 0.6) is 0 Å². The summed E-state index contributed by atoms with van der Waals surface area (Å²) in [5, 5.41) is 0. The normalized spacial score (nSPS) is 18.4. The average Bonchev–Trinajstić information content (AvgIpc) is 2.49. The van der Waals surface area contributed by atoms with Crippen molar-refractivity contribution in [1.82, 2.24) is 4.90 Å². The first-order chi connectivity index (χ1) is 10.0. The fourth-order valence-electron chi connectivity index (χ4n) is 2.27. The standard InChI is InChI=1S/C15H18BrNO4/c1-10-3-4-13(16)12(7-10)15(19)17-5-6-21-11(9-17)8-14(18)20-2/h3-4,7,11H,5-6,8-9H2,1-2H3. The largest absolute Gasteiger partial charge is 0.469 e. The molecule has 1 unspecified atom stereocenters. The van der Waals surface area contributed by atoms with Crippen LogP contribution >= 0.6 is 15.9 Å². The number of rotatable bonds is 3. The van der Waals surface area contributed by atoms with Crippen molar-refractivity contribution in [2.75, 3.05) is 26.8 Å². The predicted octanol–water partition coefficient (Wildman–Crippen LogP) is 2.16. The monoisotopic (exact) mass is 355 g/mol. The number of carbonyl (C=O) groups is 2. The van der Waals surface area contributed by atoms with Gasteiger partial charge in [-0.2, -0.15) is 0 Å². The van der Waals surface area contributed by atoms with E-state index in [1.807, 2.05) is 25.1 Å². The number of halogens is 1. The first kappa shape index (κ1) is 16.0. The molecule has 0 N–H and O–H groups in total. The lowest BCUT2D eigenvalue weighted by Gasteiger charge is -2.32. The predicted molar refractivity (Wildman–Crippen MR) is 81.2 cm³/mol. The molecule has 0 spiro atoms. The van der Waals surface area contributed by atoms with Crippen LogP contribution < -0.4 is 0 Å². The Morgan fingerprint density at radius 3 is 2.95 bits per heavy atom. The van der Waals surface area contributed by atoms with Gasteiger partial charge in [-0.1, -0.05) is 11.6 Å². The van der Waals surface area contributed by atoms with Crippen LogP contribution in [0.25, 0.3) is 0 Å². The highest BCUT2D eigenvalue weighted by atomic mass is 79.9. The Kier molecular flexibility index (Phi) is 5.36. The molecule has 114 valence electrons. The quantitative estimate of drug-likeness (QED) is 0.779. The number of methoxy groups -OCH3 is 1. The molecule has 21 heavy (non-hydrogen) atoms. The molecule has 6 heteroatoms. The van der Waals surface area contributed by atoms with E-state index in [2.05, 4.69) is 20.7 Å². The highest BCUT2D eigenvalue weighted by Gasteiger charge is 2.27. The van der Waals surface area contributed by atoms with Gasteiger partial charge in [0, 0.05) is 17.6 Å². The Balaban J connectivity index is 2.08.